The molecule has 0 aliphatic carbocycles. The number of hydrogen-bond acceptors (Lipinski definition) is 10. The van der Waals surface area contributed by atoms with Crippen LogP contribution in [-0.4, -0.2) is 54.0 Å². The average molecular weight is 1280 g/mol. The van der Waals surface area contributed by atoms with Crippen molar-refractivity contribution in [1.29, 1.82) is 5.26 Å². The second-order valence-electron chi connectivity index (χ2n) is 24.4. The molecule has 5 heterocycles. The highest BCUT2D eigenvalue weighted by molar-refractivity contribution is 6.13. The molecule has 0 saturated heterocycles. The lowest BCUT2D eigenvalue weighted by atomic mass is 9.91. The Bertz CT molecular complexity index is 6040. The molecule has 12 nitrogen and oxygen atoms in total. The summed E-state index contributed by atoms with van der Waals surface area (Å²) >= 11 is 0. The van der Waals surface area contributed by atoms with Gasteiger partial charge in [0.25, 0.3) is 0 Å². The largest absolute Gasteiger partial charge is 0.309 e. The molecule has 5 aromatic heterocycles. The van der Waals surface area contributed by atoms with Gasteiger partial charge in [0.15, 0.2) is 52.4 Å². The van der Waals surface area contributed by atoms with E-state index in [4.69, 9.17) is 44.9 Å². The van der Waals surface area contributed by atoms with E-state index in [9.17, 15) is 5.26 Å². The van der Waals surface area contributed by atoms with Gasteiger partial charge < -0.3 is 9.13 Å². The molecule has 13 aromatic carbocycles. The topological polar surface area (TPSA) is 150 Å². The summed E-state index contributed by atoms with van der Waals surface area (Å²) < 4.78 is 4.69. The van der Waals surface area contributed by atoms with Gasteiger partial charge in [-0.2, -0.15) is 5.26 Å². The van der Waals surface area contributed by atoms with E-state index >= 15 is 0 Å². The molecule has 0 aliphatic heterocycles. The fraction of sp³-hybridized carbons (Fsp3) is 0. The van der Waals surface area contributed by atoms with E-state index in [-0.39, 0.29) is 0 Å². The van der Waals surface area contributed by atoms with Crippen LogP contribution in [0, 0.1) is 11.3 Å². The van der Waals surface area contributed by atoms with Gasteiger partial charge in [0.05, 0.1) is 50.6 Å². The minimum absolute atomic E-state index is 0.454. The number of hydrogen-bond donors (Lipinski definition) is 0. The van der Waals surface area contributed by atoms with Gasteiger partial charge in [0.2, 0.25) is 0 Å². The molecule has 0 atom stereocenters. The minimum atomic E-state index is 0.454. The number of nitrogens with zero attached hydrogens (tertiary/aromatic N) is 12. The van der Waals surface area contributed by atoms with Crippen molar-refractivity contribution in [2.24, 2.45) is 0 Å². The quantitative estimate of drug-likeness (QED) is 0.109. The van der Waals surface area contributed by atoms with Crippen LogP contribution in [0.4, 0.5) is 0 Å². The molecule has 0 amide bonds. The van der Waals surface area contributed by atoms with Crippen molar-refractivity contribution in [3.63, 3.8) is 0 Å². The van der Waals surface area contributed by atoms with Crippen molar-refractivity contribution in [3.8, 4) is 142 Å². The molecule has 0 bridgehead atoms. The molecule has 466 valence electrons. The molecular formula is C88H54N12. The number of benzene rings is 13. The smallest absolute Gasteiger partial charge is 0.166 e. The van der Waals surface area contributed by atoms with Crippen LogP contribution in [0.5, 0.6) is 0 Å². The lowest BCUT2D eigenvalue weighted by Crippen LogP contribution is -2.06. The monoisotopic (exact) mass is 1280 g/mol. The lowest BCUT2D eigenvalue weighted by molar-refractivity contribution is 1.06. The first-order chi connectivity index (χ1) is 49.5. The third-order valence-electron chi connectivity index (χ3n) is 18.4. The Morgan fingerprint density at radius 1 is 0.210 bits per heavy atom. The summed E-state index contributed by atoms with van der Waals surface area (Å²) in [6, 6.07) is 114. The van der Waals surface area contributed by atoms with E-state index in [1.807, 2.05) is 206 Å². The van der Waals surface area contributed by atoms with Gasteiger partial charge in [-0.15, -0.1) is 0 Å². The summed E-state index contributed by atoms with van der Waals surface area (Å²) in [6.07, 6.45) is 0. The van der Waals surface area contributed by atoms with Crippen LogP contribution < -0.4 is 0 Å². The minimum Gasteiger partial charge on any atom is -0.309 e. The van der Waals surface area contributed by atoms with Crippen LogP contribution in [0.25, 0.3) is 180 Å². The maximum Gasteiger partial charge on any atom is 0.166 e. The van der Waals surface area contributed by atoms with Crippen molar-refractivity contribution in [2.75, 3.05) is 0 Å². The fourth-order valence-electron chi connectivity index (χ4n) is 13.7. The zero-order valence-corrected chi connectivity index (χ0v) is 53.5. The van der Waals surface area contributed by atoms with Gasteiger partial charge in [-0.3, -0.25) is 0 Å². The molecule has 18 rings (SSSR count). The summed E-state index contributed by atoms with van der Waals surface area (Å²) in [4.78, 5) is 47.3. The molecule has 0 unspecified atom stereocenters. The Labute approximate surface area is 574 Å². The van der Waals surface area contributed by atoms with Crippen LogP contribution in [0.3, 0.4) is 0 Å². The van der Waals surface area contributed by atoms with Crippen LogP contribution in [0.1, 0.15) is 5.56 Å². The van der Waals surface area contributed by atoms with Crippen LogP contribution in [0.15, 0.2) is 328 Å². The molecule has 0 N–H and O–H groups in total. The third-order valence-corrected chi connectivity index (χ3v) is 18.4. The predicted octanol–water partition coefficient (Wildman–Crippen LogP) is 20.6. The summed E-state index contributed by atoms with van der Waals surface area (Å²) in [5, 5.41) is 14.9. The Balaban J connectivity index is 0.907. The highest BCUT2D eigenvalue weighted by Gasteiger charge is 2.27. The van der Waals surface area contributed by atoms with E-state index in [0.717, 1.165) is 127 Å². The SMILES string of the molecule is N#Cc1ccccc1-c1ccc(-n2c3ccccc3c3cc(-c4nc(-c5ccccc5)nc(-c5ccccc5)n4)ccc32)c(-c2cccc(-n3c4ccccc4c4cc(-c5nc(-c6ccccc6)nc(-c6ccccc6)n5)ccc43)c2-c2nc(-c3ccccc3)nc(-c3ccccc3)n2)c1. The first-order valence-corrected chi connectivity index (χ1v) is 33.0. The molecule has 12 heteroatoms. The molecule has 0 radical (unpaired) electrons. The summed E-state index contributed by atoms with van der Waals surface area (Å²) in [5.41, 5.74) is 17.1. The normalized spacial score (nSPS) is 11.4. The van der Waals surface area contributed by atoms with E-state index in [1.54, 1.807) is 0 Å². The van der Waals surface area contributed by atoms with Crippen molar-refractivity contribution in [3.05, 3.63) is 333 Å². The molecule has 0 fully saturated rings. The van der Waals surface area contributed by atoms with E-state index < -0.39 is 0 Å². The van der Waals surface area contributed by atoms with Crippen LogP contribution >= 0.6 is 0 Å². The summed E-state index contributed by atoms with van der Waals surface area (Å²) in [5.74, 6) is 4.90. The Morgan fingerprint density at radius 2 is 0.530 bits per heavy atom. The van der Waals surface area contributed by atoms with Crippen molar-refractivity contribution >= 4 is 43.6 Å². The van der Waals surface area contributed by atoms with Crippen molar-refractivity contribution in [1.82, 2.24) is 54.0 Å². The molecule has 100 heavy (non-hydrogen) atoms. The maximum atomic E-state index is 10.8. The van der Waals surface area contributed by atoms with Gasteiger partial charge in [-0.25, -0.2) is 44.9 Å². The molecule has 0 saturated carbocycles. The average Bonchev–Trinajstić information content (AvgIpc) is 1.54. The van der Waals surface area contributed by atoms with Crippen molar-refractivity contribution < 1.29 is 0 Å². The van der Waals surface area contributed by atoms with Crippen LogP contribution in [-0.2, 0) is 0 Å². The highest BCUT2D eigenvalue weighted by Crippen LogP contribution is 2.47. The molecule has 18 aromatic rings. The van der Waals surface area contributed by atoms with Crippen LogP contribution in [0.2, 0.25) is 0 Å². The molecule has 0 spiro atoms. The standard InChI is InChI=1S/C88H54N12/c89-55-65-38-19-20-39-66(65)62-46-49-77(99-73-43-23-21-40-67(73)70-53-63(47-50-75(70)99)86-93-80(56-26-7-1-8-27-56)90-81(94-86)57-28-9-2-10-29-57)72(52-62)69-42-25-45-78(79(69)88-97-84(60-34-15-5-16-35-60)92-85(98-88)61-36-17-6-18-37-61)100-74-44-24-22-41-68(74)71-54-64(48-51-76(71)100)87-95-82(58-30-11-3-12-31-58)91-83(96-87)59-32-13-4-14-33-59/h1-54H. The van der Waals surface area contributed by atoms with E-state index in [1.165, 1.54) is 0 Å². The lowest BCUT2D eigenvalue weighted by Gasteiger charge is -2.21. The number of fused-ring (bicyclic) bond motifs is 6. The number of nitriles is 1. The Morgan fingerprint density at radius 3 is 0.940 bits per heavy atom. The van der Waals surface area contributed by atoms with Gasteiger partial charge >= 0.3 is 0 Å². The van der Waals surface area contributed by atoms with E-state index in [2.05, 4.69) is 137 Å². The fourth-order valence-corrected chi connectivity index (χ4v) is 13.7. The number of aromatic nitrogens is 11. The second kappa shape index (κ2) is 25.0. The highest BCUT2D eigenvalue weighted by atomic mass is 15.1. The first-order valence-electron chi connectivity index (χ1n) is 33.0. The Kier molecular flexibility index (Phi) is 14.6. The second-order valence-corrected chi connectivity index (χ2v) is 24.4. The van der Waals surface area contributed by atoms with Gasteiger partial charge in [-0.1, -0.05) is 255 Å². The Hall–Kier alpha value is -14.0. The number of para-hydroxylation sites is 2. The van der Waals surface area contributed by atoms with Gasteiger partial charge in [0.1, 0.15) is 0 Å². The van der Waals surface area contributed by atoms with E-state index in [0.29, 0.717) is 58.0 Å². The zero-order valence-electron chi connectivity index (χ0n) is 53.5. The summed E-state index contributed by atoms with van der Waals surface area (Å²) in [6.45, 7) is 0. The molecule has 0 aliphatic rings. The molecular weight excluding hydrogens is 1230 g/mol. The maximum absolute atomic E-state index is 10.8. The first kappa shape index (κ1) is 58.5. The number of rotatable bonds is 13. The predicted molar refractivity (Wildman–Crippen MR) is 400 cm³/mol. The third kappa shape index (κ3) is 10.6. The summed E-state index contributed by atoms with van der Waals surface area (Å²) in [7, 11) is 0. The van der Waals surface area contributed by atoms with Crippen molar-refractivity contribution in [2.45, 2.75) is 0 Å². The zero-order chi connectivity index (χ0) is 66.5. The van der Waals surface area contributed by atoms with Gasteiger partial charge in [0, 0.05) is 71.6 Å². The van der Waals surface area contributed by atoms with Gasteiger partial charge in [-0.05, 0) is 89.5 Å².